The fraction of sp³-hybridized carbons (Fsp3) is 0.923. The maximum atomic E-state index is 11.9. The number of aliphatic hydroxyl groups excluding tert-OH is 1. The zero-order chi connectivity index (χ0) is 12.5. The van der Waals surface area contributed by atoms with E-state index in [-0.39, 0.29) is 11.8 Å². The Kier molecular flexibility index (Phi) is 7.21. The lowest BCUT2D eigenvalue weighted by molar-refractivity contribution is -0.125. The van der Waals surface area contributed by atoms with Crippen molar-refractivity contribution in [1.29, 1.82) is 0 Å². The SMILES string of the molecule is COCC(O)CCNC(=O)C1CCCCCC1. The first-order chi connectivity index (χ1) is 8.24. The zero-order valence-corrected chi connectivity index (χ0v) is 10.8. The third kappa shape index (κ3) is 6.03. The molecule has 0 aromatic heterocycles. The van der Waals surface area contributed by atoms with Crippen LogP contribution in [0, 0.1) is 5.92 Å². The monoisotopic (exact) mass is 243 g/mol. The quantitative estimate of drug-likeness (QED) is 0.695. The summed E-state index contributed by atoms with van der Waals surface area (Å²) in [4.78, 5) is 11.9. The van der Waals surface area contributed by atoms with Crippen LogP contribution in [0.15, 0.2) is 0 Å². The first kappa shape index (κ1) is 14.5. The minimum atomic E-state index is -0.477. The number of methoxy groups -OCH3 is 1. The predicted octanol–water partition coefficient (Wildman–Crippen LogP) is 1.47. The predicted molar refractivity (Wildman–Crippen MR) is 66.7 cm³/mol. The van der Waals surface area contributed by atoms with E-state index in [9.17, 15) is 9.90 Å². The standard InChI is InChI=1S/C13H25NO3/c1-17-10-12(15)8-9-14-13(16)11-6-4-2-3-5-7-11/h11-12,15H,2-10H2,1H3,(H,14,16). The summed E-state index contributed by atoms with van der Waals surface area (Å²) >= 11 is 0. The Labute approximate surface area is 104 Å². The Morgan fingerprint density at radius 2 is 2.00 bits per heavy atom. The molecule has 0 heterocycles. The van der Waals surface area contributed by atoms with Crippen LogP contribution in [0.1, 0.15) is 44.9 Å². The Hall–Kier alpha value is -0.610. The number of rotatable bonds is 6. The molecule has 1 saturated carbocycles. The lowest BCUT2D eigenvalue weighted by atomic mass is 9.99. The van der Waals surface area contributed by atoms with E-state index in [1.165, 1.54) is 25.7 Å². The molecule has 1 fully saturated rings. The first-order valence-electron chi connectivity index (χ1n) is 6.68. The van der Waals surface area contributed by atoms with Crippen LogP contribution >= 0.6 is 0 Å². The molecule has 1 unspecified atom stereocenters. The number of ether oxygens (including phenoxy) is 1. The van der Waals surface area contributed by atoms with Gasteiger partial charge in [0.2, 0.25) is 5.91 Å². The summed E-state index contributed by atoms with van der Waals surface area (Å²) in [6.45, 7) is 0.874. The van der Waals surface area contributed by atoms with Crippen molar-refractivity contribution in [3.63, 3.8) is 0 Å². The van der Waals surface area contributed by atoms with Crippen LogP contribution < -0.4 is 5.32 Å². The molecule has 1 aliphatic carbocycles. The average molecular weight is 243 g/mol. The van der Waals surface area contributed by atoms with Crippen LogP contribution in [-0.2, 0) is 9.53 Å². The maximum absolute atomic E-state index is 11.9. The molecular formula is C13H25NO3. The van der Waals surface area contributed by atoms with Crippen molar-refractivity contribution in [2.24, 2.45) is 5.92 Å². The Morgan fingerprint density at radius 3 is 2.59 bits per heavy atom. The fourth-order valence-corrected chi connectivity index (χ4v) is 2.32. The normalized spacial score (nSPS) is 19.6. The van der Waals surface area contributed by atoms with Crippen molar-refractivity contribution in [3.05, 3.63) is 0 Å². The summed E-state index contributed by atoms with van der Waals surface area (Å²) < 4.78 is 4.83. The van der Waals surface area contributed by atoms with Gasteiger partial charge >= 0.3 is 0 Å². The van der Waals surface area contributed by atoms with Gasteiger partial charge in [-0.25, -0.2) is 0 Å². The Bertz CT molecular complexity index is 213. The maximum Gasteiger partial charge on any atom is 0.223 e. The third-order valence-corrected chi connectivity index (χ3v) is 3.36. The molecule has 0 aromatic rings. The van der Waals surface area contributed by atoms with E-state index >= 15 is 0 Å². The highest BCUT2D eigenvalue weighted by atomic mass is 16.5. The van der Waals surface area contributed by atoms with Crippen LogP contribution in [0.25, 0.3) is 0 Å². The largest absolute Gasteiger partial charge is 0.391 e. The van der Waals surface area contributed by atoms with E-state index in [0.717, 1.165) is 12.8 Å². The summed E-state index contributed by atoms with van der Waals surface area (Å²) in [5.74, 6) is 0.355. The van der Waals surface area contributed by atoms with Gasteiger partial charge < -0.3 is 15.2 Å². The molecule has 2 N–H and O–H groups in total. The minimum absolute atomic E-state index is 0.163. The van der Waals surface area contributed by atoms with Gasteiger partial charge in [0.15, 0.2) is 0 Å². The van der Waals surface area contributed by atoms with E-state index in [1.54, 1.807) is 7.11 Å². The second-order valence-electron chi connectivity index (χ2n) is 4.88. The molecule has 0 radical (unpaired) electrons. The number of carbonyl (C=O) groups excluding carboxylic acids is 1. The fourth-order valence-electron chi connectivity index (χ4n) is 2.32. The summed E-state index contributed by atoms with van der Waals surface area (Å²) in [5.41, 5.74) is 0. The van der Waals surface area contributed by atoms with Gasteiger partial charge in [0.25, 0.3) is 0 Å². The number of nitrogens with one attached hydrogen (secondary N) is 1. The summed E-state index contributed by atoms with van der Waals surface area (Å²) in [7, 11) is 1.56. The highest BCUT2D eigenvalue weighted by Crippen LogP contribution is 2.22. The molecular weight excluding hydrogens is 218 g/mol. The molecule has 1 rings (SSSR count). The molecule has 4 heteroatoms. The topological polar surface area (TPSA) is 58.6 Å². The first-order valence-corrected chi connectivity index (χ1v) is 6.68. The van der Waals surface area contributed by atoms with Gasteiger partial charge in [0.05, 0.1) is 12.7 Å². The Balaban J connectivity index is 2.15. The van der Waals surface area contributed by atoms with Crippen molar-refractivity contribution in [3.8, 4) is 0 Å². The smallest absolute Gasteiger partial charge is 0.223 e. The highest BCUT2D eigenvalue weighted by Gasteiger charge is 2.19. The molecule has 0 bridgehead atoms. The lowest BCUT2D eigenvalue weighted by Crippen LogP contribution is -2.33. The van der Waals surface area contributed by atoms with E-state index < -0.39 is 6.10 Å². The van der Waals surface area contributed by atoms with E-state index in [0.29, 0.717) is 19.6 Å². The lowest BCUT2D eigenvalue weighted by Gasteiger charge is -2.15. The van der Waals surface area contributed by atoms with Crippen LogP contribution in [0.2, 0.25) is 0 Å². The second kappa shape index (κ2) is 8.48. The van der Waals surface area contributed by atoms with Crippen LogP contribution in [0.4, 0.5) is 0 Å². The van der Waals surface area contributed by atoms with Gasteiger partial charge in [-0.2, -0.15) is 0 Å². The Morgan fingerprint density at radius 1 is 1.35 bits per heavy atom. The molecule has 1 atom stereocenters. The second-order valence-corrected chi connectivity index (χ2v) is 4.88. The number of hydrogen-bond acceptors (Lipinski definition) is 3. The van der Waals surface area contributed by atoms with Crippen molar-refractivity contribution in [1.82, 2.24) is 5.32 Å². The third-order valence-electron chi connectivity index (χ3n) is 3.36. The van der Waals surface area contributed by atoms with Crippen molar-refractivity contribution in [2.45, 2.75) is 51.0 Å². The molecule has 0 aromatic carbocycles. The highest BCUT2D eigenvalue weighted by molar-refractivity contribution is 5.78. The van der Waals surface area contributed by atoms with E-state index in [2.05, 4.69) is 5.32 Å². The summed E-state index contributed by atoms with van der Waals surface area (Å²) in [6.07, 6.45) is 6.99. The summed E-state index contributed by atoms with van der Waals surface area (Å²) in [5, 5.41) is 12.4. The molecule has 0 spiro atoms. The zero-order valence-electron chi connectivity index (χ0n) is 10.8. The van der Waals surface area contributed by atoms with Gasteiger partial charge in [-0.1, -0.05) is 25.7 Å². The molecule has 1 amide bonds. The average Bonchev–Trinajstić information content (AvgIpc) is 2.57. The number of carbonyl (C=O) groups is 1. The van der Waals surface area contributed by atoms with E-state index in [4.69, 9.17) is 4.74 Å². The van der Waals surface area contributed by atoms with Crippen LogP contribution in [0.3, 0.4) is 0 Å². The van der Waals surface area contributed by atoms with E-state index in [1.807, 2.05) is 0 Å². The van der Waals surface area contributed by atoms with Gasteiger partial charge in [-0.15, -0.1) is 0 Å². The van der Waals surface area contributed by atoms with Crippen LogP contribution in [-0.4, -0.2) is 37.4 Å². The number of amides is 1. The number of aliphatic hydroxyl groups is 1. The minimum Gasteiger partial charge on any atom is -0.391 e. The van der Waals surface area contributed by atoms with Gasteiger partial charge in [0, 0.05) is 19.6 Å². The molecule has 100 valence electrons. The van der Waals surface area contributed by atoms with Gasteiger partial charge in [-0.05, 0) is 19.3 Å². The van der Waals surface area contributed by atoms with Crippen molar-refractivity contribution >= 4 is 5.91 Å². The molecule has 4 nitrogen and oxygen atoms in total. The molecule has 1 aliphatic rings. The van der Waals surface area contributed by atoms with Crippen molar-refractivity contribution < 1.29 is 14.6 Å². The number of hydrogen-bond donors (Lipinski definition) is 2. The van der Waals surface area contributed by atoms with Gasteiger partial charge in [-0.3, -0.25) is 4.79 Å². The van der Waals surface area contributed by atoms with Crippen LogP contribution in [0.5, 0.6) is 0 Å². The molecule has 0 aliphatic heterocycles. The molecule has 0 saturated heterocycles. The molecule has 17 heavy (non-hydrogen) atoms. The van der Waals surface area contributed by atoms with Gasteiger partial charge in [0.1, 0.15) is 0 Å². The van der Waals surface area contributed by atoms with Crippen molar-refractivity contribution in [2.75, 3.05) is 20.3 Å². The summed E-state index contributed by atoms with van der Waals surface area (Å²) in [6, 6.07) is 0.